The van der Waals surface area contributed by atoms with Crippen LogP contribution in [0.3, 0.4) is 0 Å². The van der Waals surface area contributed by atoms with E-state index in [9.17, 15) is 18.0 Å². The molecule has 1 amide bonds. The van der Waals surface area contributed by atoms with Crippen LogP contribution in [0.2, 0.25) is 0 Å². The first-order valence-corrected chi connectivity index (χ1v) is 6.49. The Bertz CT molecular complexity index is 470. The molecule has 3 nitrogen and oxygen atoms in total. The summed E-state index contributed by atoms with van der Waals surface area (Å²) in [6.07, 6.45) is -3.16. The molecular formula is C14H16F3NO2. The van der Waals surface area contributed by atoms with E-state index in [0.717, 1.165) is 17.7 Å². The highest BCUT2D eigenvalue weighted by Crippen LogP contribution is 2.47. The summed E-state index contributed by atoms with van der Waals surface area (Å²) in [4.78, 5) is 11.7. The summed E-state index contributed by atoms with van der Waals surface area (Å²) in [6, 6.07) is 4.98. The third-order valence-corrected chi connectivity index (χ3v) is 3.43. The van der Waals surface area contributed by atoms with E-state index in [1.807, 2.05) is 0 Å². The number of alkyl halides is 3. The van der Waals surface area contributed by atoms with Crippen LogP contribution in [-0.2, 0) is 11.0 Å². The molecule has 0 spiro atoms. The summed E-state index contributed by atoms with van der Waals surface area (Å²) in [5.74, 6) is -0.250. The summed E-state index contributed by atoms with van der Waals surface area (Å²) >= 11 is 0. The molecule has 1 aromatic carbocycles. The number of carbonyl (C=O) groups is 1. The van der Waals surface area contributed by atoms with E-state index >= 15 is 0 Å². The lowest BCUT2D eigenvalue weighted by Gasteiger charge is -2.07. The second kappa shape index (κ2) is 5.83. The fraction of sp³-hybridized carbons (Fsp3) is 0.500. The minimum atomic E-state index is -4.33. The molecule has 1 saturated carbocycles. The van der Waals surface area contributed by atoms with Gasteiger partial charge in [-0.15, -0.1) is 0 Å². The Balaban J connectivity index is 1.90. The summed E-state index contributed by atoms with van der Waals surface area (Å²) in [7, 11) is 0. The number of hydrogen-bond donors (Lipinski definition) is 2. The first-order chi connectivity index (χ1) is 9.43. The molecular weight excluding hydrogens is 271 g/mol. The molecule has 2 atom stereocenters. The number of hydrogen-bond acceptors (Lipinski definition) is 2. The van der Waals surface area contributed by atoms with Gasteiger partial charge < -0.3 is 10.4 Å². The molecule has 2 N–H and O–H groups in total. The first-order valence-electron chi connectivity index (χ1n) is 6.49. The van der Waals surface area contributed by atoms with E-state index in [2.05, 4.69) is 5.32 Å². The number of carbonyl (C=O) groups excluding carboxylic acids is 1. The minimum absolute atomic E-state index is 0.00594. The van der Waals surface area contributed by atoms with Gasteiger partial charge >= 0.3 is 6.18 Å². The lowest BCUT2D eigenvalue weighted by atomic mass is 10.1. The molecule has 1 aromatic rings. The summed E-state index contributed by atoms with van der Waals surface area (Å²) in [6.45, 7) is 0.443. The van der Waals surface area contributed by atoms with Crippen LogP contribution in [0.4, 0.5) is 13.2 Å². The average Bonchev–Trinajstić information content (AvgIpc) is 3.18. The van der Waals surface area contributed by atoms with E-state index in [4.69, 9.17) is 5.11 Å². The number of nitrogens with one attached hydrogen (secondary N) is 1. The highest BCUT2D eigenvalue weighted by molar-refractivity contribution is 5.82. The van der Waals surface area contributed by atoms with Crippen molar-refractivity contribution in [1.29, 1.82) is 0 Å². The predicted molar refractivity (Wildman–Crippen MR) is 67.0 cm³/mol. The Morgan fingerprint density at radius 1 is 1.30 bits per heavy atom. The maximum atomic E-state index is 12.4. The van der Waals surface area contributed by atoms with Crippen molar-refractivity contribution in [2.24, 2.45) is 5.92 Å². The van der Waals surface area contributed by atoms with E-state index in [0.29, 0.717) is 19.4 Å². The third-order valence-electron chi connectivity index (χ3n) is 3.43. The Kier molecular flexibility index (Phi) is 4.32. The molecule has 2 unspecified atom stereocenters. The van der Waals surface area contributed by atoms with Gasteiger partial charge in [0.25, 0.3) is 0 Å². The van der Waals surface area contributed by atoms with Crippen LogP contribution in [0.5, 0.6) is 0 Å². The molecule has 0 aliphatic heterocycles. The van der Waals surface area contributed by atoms with E-state index < -0.39 is 11.7 Å². The van der Waals surface area contributed by atoms with Gasteiger partial charge in [0, 0.05) is 19.1 Å². The van der Waals surface area contributed by atoms with E-state index in [-0.39, 0.29) is 24.3 Å². The van der Waals surface area contributed by atoms with Gasteiger partial charge in [-0.3, -0.25) is 4.79 Å². The lowest BCUT2D eigenvalue weighted by molar-refractivity contribution is -0.137. The molecule has 0 aromatic heterocycles. The number of amides is 1. The molecule has 0 saturated heterocycles. The van der Waals surface area contributed by atoms with Crippen LogP contribution in [0.1, 0.15) is 29.9 Å². The van der Waals surface area contributed by atoms with Crippen molar-refractivity contribution in [2.75, 3.05) is 13.2 Å². The normalized spacial score (nSPS) is 21.6. The standard InChI is InChI=1S/C14H16F3NO2/c15-14(16,17)10-4-2-9(3-5-10)11-8-12(11)13(20)18-6-1-7-19/h2-5,11-12,19H,1,6-8H2,(H,18,20). The second-order valence-corrected chi connectivity index (χ2v) is 4.94. The number of aliphatic hydroxyl groups excluding tert-OH is 1. The number of rotatable bonds is 5. The highest BCUT2D eigenvalue weighted by atomic mass is 19.4. The summed E-state index contributed by atoms with van der Waals surface area (Å²) in [5, 5.41) is 11.3. The van der Waals surface area contributed by atoms with Gasteiger partial charge in [-0.05, 0) is 36.5 Å². The minimum Gasteiger partial charge on any atom is -0.396 e. The quantitative estimate of drug-likeness (QED) is 0.816. The molecule has 0 heterocycles. The third kappa shape index (κ3) is 3.50. The van der Waals surface area contributed by atoms with Crippen LogP contribution in [0.25, 0.3) is 0 Å². The van der Waals surface area contributed by atoms with Gasteiger partial charge in [-0.2, -0.15) is 13.2 Å². The molecule has 1 aliphatic rings. The second-order valence-electron chi connectivity index (χ2n) is 4.94. The Hall–Kier alpha value is -1.56. The van der Waals surface area contributed by atoms with Crippen molar-refractivity contribution in [3.05, 3.63) is 35.4 Å². The van der Waals surface area contributed by atoms with Crippen molar-refractivity contribution in [3.8, 4) is 0 Å². The Morgan fingerprint density at radius 3 is 2.50 bits per heavy atom. The predicted octanol–water partition coefficient (Wildman–Crippen LogP) is 2.31. The van der Waals surface area contributed by atoms with Crippen molar-refractivity contribution < 1.29 is 23.1 Å². The molecule has 0 bridgehead atoms. The smallest absolute Gasteiger partial charge is 0.396 e. The van der Waals surface area contributed by atoms with Gasteiger partial charge in [-0.25, -0.2) is 0 Å². The Labute approximate surface area is 114 Å². The zero-order chi connectivity index (χ0) is 14.8. The monoisotopic (exact) mass is 287 g/mol. The highest BCUT2D eigenvalue weighted by Gasteiger charge is 2.44. The molecule has 1 fully saturated rings. The topological polar surface area (TPSA) is 49.3 Å². The maximum Gasteiger partial charge on any atom is 0.416 e. The molecule has 2 rings (SSSR count). The summed E-state index contributed by atoms with van der Waals surface area (Å²) < 4.78 is 37.3. The largest absolute Gasteiger partial charge is 0.416 e. The average molecular weight is 287 g/mol. The fourth-order valence-electron chi connectivity index (χ4n) is 2.19. The first kappa shape index (κ1) is 14.8. The van der Waals surface area contributed by atoms with E-state index in [1.165, 1.54) is 12.1 Å². The molecule has 6 heteroatoms. The number of benzene rings is 1. The van der Waals surface area contributed by atoms with Gasteiger partial charge in [0.1, 0.15) is 0 Å². The van der Waals surface area contributed by atoms with Gasteiger partial charge in [0.2, 0.25) is 5.91 Å². The molecule has 110 valence electrons. The SMILES string of the molecule is O=C(NCCCO)C1CC1c1ccc(C(F)(F)F)cc1. The van der Waals surface area contributed by atoms with Gasteiger partial charge in [-0.1, -0.05) is 12.1 Å². The lowest BCUT2D eigenvalue weighted by Crippen LogP contribution is -2.26. The van der Waals surface area contributed by atoms with Crippen molar-refractivity contribution in [2.45, 2.75) is 24.9 Å². The van der Waals surface area contributed by atoms with Crippen molar-refractivity contribution in [1.82, 2.24) is 5.32 Å². The van der Waals surface area contributed by atoms with Gasteiger partial charge in [0.05, 0.1) is 5.56 Å². The van der Waals surface area contributed by atoms with Crippen LogP contribution >= 0.6 is 0 Å². The number of halogens is 3. The Morgan fingerprint density at radius 2 is 1.95 bits per heavy atom. The van der Waals surface area contributed by atoms with Crippen LogP contribution in [0, 0.1) is 5.92 Å². The van der Waals surface area contributed by atoms with Crippen molar-refractivity contribution in [3.63, 3.8) is 0 Å². The van der Waals surface area contributed by atoms with Crippen LogP contribution in [-0.4, -0.2) is 24.2 Å². The van der Waals surface area contributed by atoms with Gasteiger partial charge in [0.15, 0.2) is 0 Å². The molecule has 20 heavy (non-hydrogen) atoms. The van der Waals surface area contributed by atoms with Crippen LogP contribution < -0.4 is 5.32 Å². The molecule has 1 aliphatic carbocycles. The zero-order valence-corrected chi connectivity index (χ0v) is 10.8. The van der Waals surface area contributed by atoms with Crippen LogP contribution in [0.15, 0.2) is 24.3 Å². The maximum absolute atomic E-state index is 12.4. The van der Waals surface area contributed by atoms with E-state index in [1.54, 1.807) is 0 Å². The number of aliphatic hydroxyl groups is 1. The fourth-order valence-corrected chi connectivity index (χ4v) is 2.19. The zero-order valence-electron chi connectivity index (χ0n) is 10.8. The van der Waals surface area contributed by atoms with Crippen molar-refractivity contribution >= 4 is 5.91 Å². The summed E-state index contributed by atoms with van der Waals surface area (Å²) in [5.41, 5.74) is 0.0890. The molecule has 0 radical (unpaired) electrons.